The molecule has 2 fully saturated rings. The number of amides is 1. The van der Waals surface area contributed by atoms with Gasteiger partial charge in [0.15, 0.2) is 16.9 Å². The Bertz CT molecular complexity index is 1380. The van der Waals surface area contributed by atoms with E-state index in [2.05, 4.69) is 15.2 Å². The predicted molar refractivity (Wildman–Crippen MR) is 129 cm³/mol. The van der Waals surface area contributed by atoms with E-state index in [-0.39, 0.29) is 41.9 Å². The molecule has 2 atom stereocenters. The van der Waals surface area contributed by atoms with Crippen molar-refractivity contribution in [3.05, 3.63) is 56.7 Å². The number of halogens is 1. The summed E-state index contributed by atoms with van der Waals surface area (Å²) in [4.78, 5) is 57.9. The number of nitrogens with two attached hydrogens (primary N) is 1. The van der Waals surface area contributed by atoms with Crippen LogP contribution in [-0.4, -0.2) is 56.1 Å². The molecule has 0 spiro atoms. The van der Waals surface area contributed by atoms with Gasteiger partial charge in [0.1, 0.15) is 6.54 Å². The van der Waals surface area contributed by atoms with Crippen LogP contribution in [-0.2, 0) is 24.9 Å². The Balaban J connectivity index is 0.00000274. The number of carbonyl (C=O) groups is 2. The van der Waals surface area contributed by atoms with Gasteiger partial charge in [-0.1, -0.05) is 30.3 Å². The van der Waals surface area contributed by atoms with Gasteiger partial charge in [0.05, 0.1) is 6.54 Å². The highest BCUT2D eigenvalue weighted by molar-refractivity contribution is 5.96. The van der Waals surface area contributed by atoms with Crippen LogP contribution >= 0.6 is 12.4 Å². The summed E-state index contributed by atoms with van der Waals surface area (Å²) in [5, 5.41) is 3.37. The van der Waals surface area contributed by atoms with Crippen molar-refractivity contribution in [1.29, 1.82) is 0 Å². The average molecular weight is 488 g/mol. The molecule has 3 N–H and O–H groups in total. The molecule has 2 aliphatic rings. The molecule has 2 unspecified atom stereocenters. The molecule has 5 rings (SSSR count). The number of nitrogens with one attached hydrogen (secondary N) is 1. The summed E-state index contributed by atoms with van der Waals surface area (Å²) in [5.74, 6) is -0.0965. The predicted octanol–water partition coefficient (Wildman–Crippen LogP) is -0.515. The molecule has 2 saturated heterocycles. The number of carbonyl (C=O) groups excluding carboxylic acids is 2. The monoisotopic (exact) mass is 487 g/mol. The van der Waals surface area contributed by atoms with Gasteiger partial charge in [0.25, 0.3) is 5.56 Å². The van der Waals surface area contributed by atoms with Crippen molar-refractivity contribution in [2.75, 3.05) is 24.5 Å². The molecule has 11 nitrogen and oxygen atoms in total. The van der Waals surface area contributed by atoms with Crippen LogP contribution < -0.4 is 27.2 Å². The fourth-order valence-corrected chi connectivity index (χ4v) is 4.98. The Hall–Kier alpha value is -3.44. The largest absolute Gasteiger partial charge is 0.368 e. The number of aromatic nitrogens is 4. The first-order valence-electron chi connectivity index (χ1n) is 10.9. The van der Waals surface area contributed by atoms with Gasteiger partial charge in [0.2, 0.25) is 11.9 Å². The summed E-state index contributed by atoms with van der Waals surface area (Å²) >= 11 is 0. The topological polar surface area (TPSA) is 137 Å². The van der Waals surface area contributed by atoms with Crippen molar-refractivity contribution < 1.29 is 9.59 Å². The van der Waals surface area contributed by atoms with Crippen LogP contribution in [0.3, 0.4) is 0 Å². The van der Waals surface area contributed by atoms with E-state index in [4.69, 9.17) is 5.73 Å². The normalized spacial score (nSPS) is 19.3. The zero-order chi connectivity index (χ0) is 23.3. The summed E-state index contributed by atoms with van der Waals surface area (Å²) in [6, 6.07) is 8.66. The summed E-state index contributed by atoms with van der Waals surface area (Å²) in [6.07, 6.45) is 0.964. The van der Waals surface area contributed by atoms with E-state index in [9.17, 15) is 19.2 Å². The van der Waals surface area contributed by atoms with Crippen LogP contribution in [0, 0.1) is 5.92 Å². The molecule has 34 heavy (non-hydrogen) atoms. The Morgan fingerprint density at radius 3 is 2.56 bits per heavy atom. The molecule has 0 bridgehead atoms. The second kappa shape index (κ2) is 9.07. The molecule has 1 aromatic carbocycles. The van der Waals surface area contributed by atoms with Gasteiger partial charge in [-0.2, -0.15) is 4.98 Å². The number of hydrogen-bond acceptors (Lipinski definition) is 7. The Kier molecular flexibility index (Phi) is 6.32. The van der Waals surface area contributed by atoms with Crippen LogP contribution in [0.1, 0.15) is 16.8 Å². The number of ketones is 1. The first kappa shape index (κ1) is 23.7. The second-order valence-corrected chi connectivity index (χ2v) is 8.63. The summed E-state index contributed by atoms with van der Waals surface area (Å²) in [7, 11) is 1.50. The molecular formula is C22H26ClN7O4. The summed E-state index contributed by atoms with van der Waals surface area (Å²) in [5.41, 5.74) is 4.85. The smallest absolute Gasteiger partial charge is 0.332 e. The van der Waals surface area contributed by atoms with E-state index >= 15 is 0 Å². The number of anilines is 1. The van der Waals surface area contributed by atoms with Crippen LogP contribution in [0.4, 0.5) is 5.95 Å². The third-order valence-electron chi connectivity index (χ3n) is 6.63. The lowest BCUT2D eigenvalue weighted by Crippen LogP contribution is -2.41. The molecule has 0 aliphatic carbocycles. The quantitative estimate of drug-likeness (QED) is 0.446. The Labute approximate surface area is 200 Å². The maximum Gasteiger partial charge on any atom is 0.332 e. The Morgan fingerprint density at radius 2 is 1.85 bits per heavy atom. The lowest BCUT2D eigenvalue weighted by molar-refractivity contribution is -0.118. The number of fused-ring (bicyclic) bond motifs is 2. The van der Waals surface area contributed by atoms with E-state index in [0.717, 1.165) is 30.6 Å². The van der Waals surface area contributed by atoms with Gasteiger partial charge in [-0.3, -0.25) is 28.1 Å². The number of primary amides is 1. The molecule has 180 valence electrons. The fourth-order valence-electron chi connectivity index (χ4n) is 4.98. The average Bonchev–Trinajstić information content (AvgIpc) is 3.50. The van der Waals surface area contributed by atoms with Crippen molar-refractivity contribution in [2.24, 2.45) is 18.7 Å². The molecule has 2 aromatic heterocycles. The number of rotatable bonds is 6. The number of nitrogens with zero attached hydrogens (tertiary/aromatic N) is 5. The van der Waals surface area contributed by atoms with Crippen LogP contribution in [0.5, 0.6) is 0 Å². The molecule has 2 aliphatic heterocycles. The summed E-state index contributed by atoms with van der Waals surface area (Å²) < 4.78 is 3.63. The van der Waals surface area contributed by atoms with Crippen LogP contribution in [0.15, 0.2) is 39.9 Å². The molecule has 4 heterocycles. The van der Waals surface area contributed by atoms with E-state index < -0.39 is 23.7 Å². The maximum absolute atomic E-state index is 13.5. The number of aryl methyl sites for hydroxylation is 1. The molecule has 3 aromatic rings. The van der Waals surface area contributed by atoms with E-state index in [0.29, 0.717) is 17.4 Å². The lowest BCUT2D eigenvalue weighted by Gasteiger charge is -2.25. The van der Waals surface area contributed by atoms with Crippen molar-refractivity contribution in [3.63, 3.8) is 0 Å². The highest BCUT2D eigenvalue weighted by atomic mass is 35.5. The molecular weight excluding hydrogens is 462 g/mol. The number of Topliss-reactive ketones (excluding diaryl/α,β-unsaturated/α-hetero) is 1. The summed E-state index contributed by atoms with van der Waals surface area (Å²) in [6.45, 7) is 1.74. The minimum Gasteiger partial charge on any atom is -0.368 e. The van der Waals surface area contributed by atoms with Gasteiger partial charge in [-0.15, -0.1) is 12.4 Å². The highest BCUT2D eigenvalue weighted by Crippen LogP contribution is 2.32. The molecule has 0 saturated carbocycles. The first-order chi connectivity index (χ1) is 15.9. The minimum atomic E-state index is -0.669. The van der Waals surface area contributed by atoms with Crippen LogP contribution in [0.2, 0.25) is 0 Å². The third kappa shape index (κ3) is 3.80. The standard InChI is InChI=1S/C22H25N7O4.ClH/c1-26-19-18(20(32)29(22(26)33)11-16(30)13-5-3-2-4-6-13)28(12-17(23)31)21(25-19)27-8-7-14-9-24-10-15(14)27;/h2-6,14-15,24H,7-12H2,1H3,(H2,23,31);1H. The number of imidazole rings is 1. The molecule has 0 radical (unpaired) electrons. The highest BCUT2D eigenvalue weighted by Gasteiger charge is 2.40. The zero-order valence-corrected chi connectivity index (χ0v) is 19.5. The van der Waals surface area contributed by atoms with E-state index in [1.807, 2.05) is 0 Å². The van der Waals surface area contributed by atoms with E-state index in [1.165, 1.54) is 16.2 Å². The molecule has 12 heteroatoms. The minimum absolute atomic E-state index is 0. The molecule has 1 amide bonds. The second-order valence-electron chi connectivity index (χ2n) is 8.63. The van der Waals surface area contributed by atoms with Gasteiger partial charge >= 0.3 is 5.69 Å². The van der Waals surface area contributed by atoms with Crippen molar-refractivity contribution in [1.82, 2.24) is 24.0 Å². The van der Waals surface area contributed by atoms with Gasteiger partial charge < -0.3 is 16.0 Å². The van der Waals surface area contributed by atoms with Crippen molar-refractivity contribution in [3.8, 4) is 0 Å². The number of hydrogen-bond donors (Lipinski definition) is 2. The van der Waals surface area contributed by atoms with Crippen LogP contribution in [0.25, 0.3) is 11.2 Å². The van der Waals surface area contributed by atoms with Crippen molar-refractivity contribution in [2.45, 2.75) is 25.6 Å². The van der Waals surface area contributed by atoms with Gasteiger partial charge in [0, 0.05) is 38.3 Å². The SMILES string of the molecule is Cl.Cn1c(=O)n(CC(=O)c2ccccc2)c(=O)c2c1nc(N1CCC3CNCC31)n2CC(N)=O. The third-order valence-corrected chi connectivity index (χ3v) is 6.63. The van der Waals surface area contributed by atoms with Crippen molar-refractivity contribution >= 4 is 41.2 Å². The van der Waals surface area contributed by atoms with Gasteiger partial charge in [-0.25, -0.2) is 4.79 Å². The van der Waals surface area contributed by atoms with E-state index in [1.54, 1.807) is 30.3 Å². The first-order valence-corrected chi connectivity index (χ1v) is 10.9. The Morgan fingerprint density at radius 1 is 1.12 bits per heavy atom. The number of benzene rings is 1. The fraction of sp³-hybridized carbons (Fsp3) is 0.409. The zero-order valence-electron chi connectivity index (χ0n) is 18.6. The van der Waals surface area contributed by atoms with Gasteiger partial charge in [-0.05, 0) is 12.3 Å². The lowest BCUT2D eigenvalue weighted by atomic mass is 10.1. The maximum atomic E-state index is 13.5.